The van der Waals surface area contributed by atoms with Crippen LogP contribution in [-0.2, 0) is 6.42 Å². The van der Waals surface area contributed by atoms with Crippen molar-refractivity contribution in [1.29, 1.82) is 0 Å². The van der Waals surface area contributed by atoms with Crippen LogP contribution in [0.3, 0.4) is 0 Å². The number of hydrogen-bond acceptors (Lipinski definition) is 5. The van der Waals surface area contributed by atoms with Crippen LogP contribution in [0.1, 0.15) is 21.6 Å². The minimum absolute atomic E-state index is 0.0198. The van der Waals surface area contributed by atoms with Gasteiger partial charge in [0.2, 0.25) is 0 Å². The lowest BCUT2D eigenvalue weighted by molar-refractivity contribution is 0.0956. The summed E-state index contributed by atoms with van der Waals surface area (Å²) < 4.78 is 15.9. The van der Waals surface area contributed by atoms with Gasteiger partial charge < -0.3 is 10.6 Å². The fraction of sp³-hybridized carbons (Fsp3) is 0.136. The van der Waals surface area contributed by atoms with Crippen LogP contribution in [0.4, 0.5) is 15.8 Å². The van der Waals surface area contributed by atoms with Crippen LogP contribution in [0, 0.1) is 5.82 Å². The van der Waals surface area contributed by atoms with E-state index in [0.717, 1.165) is 35.4 Å². The minimum Gasteiger partial charge on any atom is -0.380 e. The van der Waals surface area contributed by atoms with E-state index in [-0.39, 0.29) is 11.1 Å². The van der Waals surface area contributed by atoms with Gasteiger partial charge in [-0.05, 0) is 23.8 Å². The highest BCUT2D eigenvalue weighted by Gasteiger charge is 2.19. The number of hydrogen-bond donors (Lipinski definition) is 3. The third-order valence-electron chi connectivity index (χ3n) is 5.22. The Morgan fingerprint density at radius 2 is 1.73 bits per heavy atom. The molecular formula is C22H18FN5O2. The van der Waals surface area contributed by atoms with Gasteiger partial charge in [0.1, 0.15) is 5.82 Å². The van der Waals surface area contributed by atoms with Crippen LogP contribution in [0.15, 0.2) is 59.7 Å². The van der Waals surface area contributed by atoms with E-state index in [0.29, 0.717) is 17.5 Å². The number of anilines is 2. The SMILES string of the molecule is O=C(c1cc(Cc2n[nH]c(=O)c3ccccc23)ccc1F)n1cc2c(c1)NCCN2. The molecule has 2 aromatic heterocycles. The van der Waals surface area contributed by atoms with Gasteiger partial charge >= 0.3 is 0 Å². The Labute approximate surface area is 170 Å². The standard InChI is InChI=1S/C22H18FN5O2/c23-17-6-5-13(10-18-14-3-1-2-4-15(14)21(29)27-26-18)9-16(17)22(30)28-11-19-20(12-28)25-8-7-24-19/h1-6,9,11-12,24-25H,7-8,10H2,(H,27,29). The normalized spacial score (nSPS) is 12.8. The number of nitrogens with one attached hydrogen (secondary N) is 3. The number of nitrogens with zero attached hydrogens (tertiary/aromatic N) is 2. The van der Waals surface area contributed by atoms with E-state index in [9.17, 15) is 14.0 Å². The average Bonchev–Trinajstić information content (AvgIpc) is 3.21. The summed E-state index contributed by atoms with van der Waals surface area (Å²) in [6.45, 7) is 1.52. The molecular weight excluding hydrogens is 385 g/mol. The lowest BCUT2D eigenvalue weighted by Gasteiger charge is -2.14. The first kappa shape index (κ1) is 18.1. The predicted molar refractivity (Wildman–Crippen MR) is 113 cm³/mol. The second kappa shape index (κ2) is 7.14. The number of halogens is 1. The van der Waals surface area contributed by atoms with Gasteiger partial charge in [-0.3, -0.25) is 14.2 Å². The maximum absolute atomic E-state index is 14.5. The van der Waals surface area contributed by atoms with Crippen molar-refractivity contribution in [2.24, 2.45) is 0 Å². The number of H-pyrrole nitrogens is 1. The van der Waals surface area contributed by atoms with Gasteiger partial charge in [0.15, 0.2) is 0 Å². The molecule has 2 aromatic carbocycles. The molecule has 0 fully saturated rings. The zero-order chi connectivity index (χ0) is 20.7. The molecule has 0 aliphatic carbocycles. The highest BCUT2D eigenvalue weighted by molar-refractivity contribution is 5.98. The Morgan fingerprint density at radius 1 is 1.03 bits per heavy atom. The number of aromatic amines is 1. The first-order chi connectivity index (χ1) is 14.6. The van der Waals surface area contributed by atoms with Crippen LogP contribution in [0.25, 0.3) is 10.8 Å². The molecule has 0 unspecified atom stereocenters. The van der Waals surface area contributed by atoms with E-state index in [1.165, 1.54) is 10.6 Å². The first-order valence-corrected chi connectivity index (χ1v) is 9.59. The van der Waals surface area contributed by atoms with Gasteiger partial charge in [-0.25, -0.2) is 9.49 Å². The molecule has 150 valence electrons. The van der Waals surface area contributed by atoms with E-state index in [1.54, 1.807) is 36.7 Å². The number of rotatable bonds is 3. The zero-order valence-corrected chi connectivity index (χ0v) is 15.9. The predicted octanol–water partition coefficient (Wildman–Crippen LogP) is 2.98. The van der Waals surface area contributed by atoms with Crippen molar-refractivity contribution in [3.63, 3.8) is 0 Å². The fourth-order valence-corrected chi connectivity index (χ4v) is 3.73. The van der Waals surface area contributed by atoms with Crippen molar-refractivity contribution in [2.45, 2.75) is 6.42 Å². The Hall–Kier alpha value is -3.94. The van der Waals surface area contributed by atoms with Crippen LogP contribution < -0.4 is 16.2 Å². The Balaban J connectivity index is 1.50. The maximum atomic E-state index is 14.5. The average molecular weight is 403 g/mol. The second-order valence-electron chi connectivity index (χ2n) is 7.19. The molecule has 0 radical (unpaired) electrons. The van der Waals surface area contributed by atoms with E-state index in [2.05, 4.69) is 20.8 Å². The molecule has 0 amide bonds. The van der Waals surface area contributed by atoms with Crippen molar-refractivity contribution in [2.75, 3.05) is 23.7 Å². The van der Waals surface area contributed by atoms with E-state index < -0.39 is 11.7 Å². The quantitative estimate of drug-likeness (QED) is 0.489. The Bertz CT molecular complexity index is 1320. The molecule has 0 saturated heterocycles. The van der Waals surface area contributed by atoms with Gasteiger partial charge in [-0.2, -0.15) is 5.10 Å². The number of benzene rings is 2. The summed E-state index contributed by atoms with van der Waals surface area (Å²) in [6.07, 6.45) is 3.67. The largest absolute Gasteiger partial charge is 0.380 e. The molecule has 0 saturated carbocycles. The van der Waals surface area contributed by atoms with Crippen molar-refractivity contribution in [1.82, 2.24) is 14.8 Å². The lowest BCUT2D eigenvalue weighted by Crippen LogP contribution is -2.18. The zero-order valence-electron chi connectivity index (χ0n) is 15.9. The number of aromatic nitrogens is 3. The molecule has 3 heterocycles. The Kier molecular flexibility index (Phi) is 4.31. The topological polar surface area (TPSA) is 91.8 Å². The molecule has 0 spiro atoms. The third kappa shape index (κ3) is 3.12. The van der Waals surface area contributed by atoms with Crippen molar-refractivity contribution in [3.8, 4) is 0 Å². The number of carbonyl (C=O) groups excluding carboxylic acids is 1. The molecule has 0 bridgehead atoms. The molecule has 0 atom stereocenters. The van der Waals surface area contributed by atoms with E-state index in [1.807, 2.05) is 12.1 Å². The van der Waals surface area contributed by atoms with Gasteiger partial charge in [-0.1, -0.05) is 24.3 Å². The second-order valence-corrected chi connectivity index (χ2v) is 7.19. The molecule has 1 aliphatic rings. The summed E-state index contributed by atoms with van der Waals surface area (Å²) in [6, 6.07) is 11.6. The molecule has 8 heteroatoms. The lowest BCUT2D eigenvalue weighted by atomic mass is 10.0. The van der Waals surface area contributed by atoms with Gasteiger partial charge in [-0.15, -0.1) is 0 Å². The Morgan fingerprint density at radius 3 is 2.47 bits per heavy atom. The van der Waals surface area contributed by atoms with Crippen molar-refractivity contribution < 1.29 is 9.18 Å². The van der Waals surface area contributed by atoms with Gasteiger partial charge in [0, 0.05) is 37.3 Å². The summed E-state index contributed by atoms with van der Waals surface area (Å²) in [4.78, 5) is 24.9. The first-order valence-electron chi connectivity index (χ1n) is 9.59. The molecule has 3 N–H and O–H groups in total. The van der Waals surface area contributed by atoms with E-state index in [4.69, 9.17) is 0 Å². The van der Waals surface area contributed by atoms with Crippen LogP contribution in [-0.4, -0.2) is 33.8 Å². The summed E-state index contributed by atoms with van der Waals surface area (Å²) in [7, 11) is 0. The van der Waals surface area contributed by atoms with Gasteiger partial charge in [0.05, 0.1) is 28.0 Å². The number of fused-ring (bicyclic) bond motifs is 2. The third-order valence-corrected chi connectivity index (χ3v) is 5.22. The van der Waals surface area contributed by atoms with Crippen molar-refractivity contribution in [3.05, 3.63) is 87.9 Å². The maximum Gasteiger partial charge on any atom is 0.272 e. The van der Waals surface area contributed by atoms with E-state index >= 15 is 0 Å². The van der Waals surface area contributed by atoms with Crippen LogP contribution in [0.2, 0.25) is 0 Å². The summed E-state index contributed by atoms with van der Waals surface area (Å²) in [5.74, 6) is -1.04. The summed E-state index contributed by atoms with van der Waals surface area (Å²) >= 11 is 0. The molecule has 1 aliphatic heterocycles. The summed E-state index contributed by atoms with van der Waals surface area (Å²) in [5.41, 5.74) is 2.72. The minimum atomic E-state index is -0.587. The van der Waals surface area contributed by atoms with Crippen molar-refractivity contribution >= 4 is 28.1 Å². The molecule has 5 rings (SSSR count). The van der Waals surface area contributed by atoms with Crippen LogP contribution in [0.5, 0.6) is 0 Å². The highest BCUT2D eigenvalue weighted by Crippen LogP contribution is 2.26. The molecule has 4 aromatic rings. The van der Waals surface area contributed by atoms with Crippen LogP contribution >= 0.6 is 0 Å². The molecule has 30 heavy (non-hydrogen) atoms. The fourth-order valence-electron chi connectivity index (χ4n) is 3.73. The number of carbonyl (C=O) groups is 1. The monoisotopic (exact) mass is 403 g/mol. The van der Waals surface area contributed by atoms with Gasteiger partial charge in [0.25, 0.3) is 11.5 Å². The molecule has 7 nitrogen and oxygen atoms in total. The smallest absolute Gasteiger partial charge is 0.272 e. The highest BCUT2D eigenvalue weighted by atomic mass is 19.1. The summed E-state index contributed by atoms with van der Waals surface area (Å²) in [5, 5.41) is 14.3.